The number of rotatable bonds is 7. The fourth-order valence-electron chi connectivity index (χ4n) is 2.22. The van der Waals surface area contributed by atoms with Gasteiger partial charge < -0.3 is 21.4 Å². The largest absolute Gasteiger partial charge is 0.417 e. The van der Waals surface area contributed by atoms with E-state index in [9.17, 15) is 18.0 Å². The molecule has 6 nitrogen and oxygen atoms in total. The number of alkyl halides is 3. The molecule has 0 atom stereocenters. The summed E-state index contributed by atoms with van der Waals surface area (Å²) in [6.07, 6.45) is 0.208. The van der Waals surface area contributed by atoms with Crippen LogP contribution in [0.3, 0.4) is 0 Å². The maximum absolute atomic E-state index is 12.8. The van der Waals surface area contributed by atoms with E-state index in [4.69, 9.17) is 17.0 Å². The number of carbonyl (C=O) groups excluding carboxylic acids is 1. The van der Waals surface area contributed by atoms with Gasteiger partial charge in [0.1, 0.15) is 5.82 Å². The van der Waals surface area contributed by atoms with Crippen molar-refractivity contribution in [2.24, 2.45) is 0 Å². The van der Waals surface area contributed by atoms with E-state index in [1.807, 2.05) is 0 Å². The lowest BCUT2D eigenvalue weighted by Gasteiger charge is -2.15. The van der Waals surface area contributed by atoms with Crippen molar-refractivity contribution >= 4 is 40.4 Å². The molecule has 0 radical (unpaired) electrons. The standard InChI is InChI=1S/C19H17ClF3N5O/c1-3-17(29)27-12-4-5-16(13(9-12)15(24)6-7-25-2)28-18-14(20)8-11(10-26-18)19(21,22)23/h3-10,24-25H,1H2,2H3,(H,26,28)(H,27,29)/b7-6-,24-15?. The van der Waals surface area contributed by atoms with Crippen LogP contribution < -0.4 is 16.0 Å². The Kier molecular flexibility index (Phi) is 7.00. The monoisotopic (exact) mass is 423 g/mol. The number of hydrogen-bond acceptors (Lipinski definition) is 5. The van der Waals surface area contributed by atoms with E-state index in [-0.39, 0.29) is 16.6 Å². The lowest BCUT2D eigenvalue weighted by Crippen LogP contribution is -2.10. The lowest BCUT2D eigenvalue weighted by atomic mass is 10.1. The predicted octanol–water partition coefficient (Wildman–Crippen LogP) is 4.72. The Hall–Kier alpha value is -3.33. The van der Waals surface area contributed by atoms with Crippen LogP contribution in [0.4, 0.5) is 30.4 Å². The van der Waals surface area contributed by atoms with Crippen molar-refractivity contribution in [3.05, 3.63) is 71.5 Å². The van der Waals surface area contributed by atoms with Gasteiger partial charge in [0.25, 0.3) is 0 Å². The summed E-state index contributed by atoms with van der Waals surface area (Å²) < 4.78 is 38.4. The van der Waals surface area contributed by atoms with Crippen molar-refractivity contribution in [3.63, 3.8) is 0 Å². The third-order valence-corrected chi connectivity index (χ3v) is 3.89. The highest BCUT2D eigenvalue weighted by Crippen LogP contribution is 2.34. The molecule has 0 aliphatic carbocycles. The molecule has 0 saturated carbocycles. The Morgan fingerprint density at radius 1 is 1.31 bits per heavy atom. The summed E-state index contributed by atoms with van der Waals surface area (Å²) in [6, 6.07) is 5.40. The van der Waals surface area contributed by atoms with Crippen molar-refractivity contribution in [2.75, 3.05) is 17.7 Å². The molecule has 2 aromatic rings. The van der Waals surface area contributed by atoms with Crippen molar-refractivity contribution in [1.82, 2.24) is 10.3 Å². The first-order valence-electron chi connectivity index (χ1n) is 8.15. The quantitative estimate of drug-likeness (QED) is 0.383. The highest BCUT2D eigenvalue weighted by atomic mass is 35.5. The smallest absolute Gasteiger partial charge is 0.394 e. The van der Waals surface area contributed by atoms with E-state index in [1.54, 1.807) is 19.2 Å². The minimum Gasteiger partial charge on any atom is -0.394 e. The van der Waals surface area contributed by atoms with Crippen molar-refractivity contribution < 1.29 is 18.0 Å². The number of halogens is 4. The Morgan fingerprint density at radius 3 is 2.62 bits per heavy atom. The minimum absolute atomic E-state index is 0.00538. The average molecular weight is 424 g/mol. The van der Waals surface area contributed by atoms with Crippen molar-refractivity contribution in [3.8, 4) is 0 Å². The molecule has 152 valence electrons. The summed E-state index contributed by atoms with van der Waals surface area (Å²) in [7, 11) is 1.66. The van der Waals surface area contributed by atoms with Crippen LogP contribution in [0.5, 0.6) is 0 Å². The van der Waals surface area contributed by atoms with E-state index < -0.39 is 17.6 Å². The zero-order valence-electron chi connectivity index (χ0n) is 15.2. The third-order valence-electron chi connectivity index (χ3n) is 3.60. The van der Waals surface area contributed by atoms with Gasteiger partial charge in [-0.15, -0.1) is 0 Å². The van der Waals surface area contributed by atoms with Gasteiger partial charge in [-0.1, -0.05) is 18.2 Å². The first-order chi connectivity index (χ1) is 13.7. The molecule has 4 N–H and O–H groups in total. The van der Waals surface area contributed by atoms with E-state index in [2.05, 4.69) is 27.5 Å². The van der Waals surface area contributed by atoms with Crippen molar-refractivity contribution in [1.29, 1.82) is 5.41 Å². The molecule has 1 aromatic heterocycles. The Labute approximate surface area is 170 Å². The number of nitrogens with one attached hydrogen (secondary N) is 4. The van der Waals surface area contributed by atoms with Gasteiger partial charge in [0, 0.05) is 30.2 Å². The summed E-state index contributed by atoms with van der Waals surface area (Å²) in [5.41, 5.74) is 0.224. The number of allylic oxidation sites excluding steroid dienone is 1. The predicted molar refractivity (Wildman–Crippen MR) is 108 cm³/mol. The fraction of sp³-hybridized carbons (Fsp3) is 0.105. The zero-order valence-corrected chi connectivity index (χ0v) is 15.9. The van der Waals surface area contributed by atoms with Crippen LogP contribution >= 0.6 is 11.6 Å². The average Bonchev–Trinajstić information content (AvgIpc) is 2.67. The number of aromatic nitrogens is 1. The molecule has 1 aromatic carbocycles. The number of anilines is 3. The first kappa shape index (κ1) is 22.0. The molecule has 10 heteroatoms. The molecule has 0 bridgehead atoms. The Balaban J connectivity index is 2.43. The van der Waals surface area contributed by atoms with Gasteiger partial charge in [-0.25, -0.2) is 4.98 Å². The zero-order chi connectivity index (χ0) is 21.6. The molecule has 0 saturated heterocycles. The number of hydrogen-bond donors (Lipinski definition) is 4. The number of carbonyl (C=O) groups is 1. The first-order valence-corrected chi connectivity index (χ1v) is 8.53. The van der Waals surface area contributed by atoms with Gasteiger partial charge in [-0.3, -0.25) is 4.79 Å². The molecule has 0 spiro atoms. The van der Waals surface area contributed by atoms with Crippen LogP contribution in [0.15, 0.2) is 55.4 Å². The van der Waals surface area contributed by atoms with E-state index in [0.717, 1.165) is 12.1 Å². The third kappa shape index (κ3) is 5.82. The second kappa shape index (κ2) is 9.24. The molecular formula is C19H17ClF3N5O. The molecule has 29 heavy (non-hydrogen) atoms. The van der Waals surface area contributed by atoms with Crippen LogP contribution in [0.2, 0.25) is 5.02 Å². The molecule has 0 unspecified atom stereocenters. The van der Waals surface area contributed by atoms with Gasteiger partial charge in [-0.05, 0) is 42.6 Å². The van der Waals surface area contributed by atoms with E-state index in [0.29, 0.717) is 23.1 Å². The SMILES string of the molecule is C=CC(=O)Nc1ccc(Nc2ncc(C(F)(F)F)cc2Cl)c(C(=N)/C=C\NC)c1. The molecule has 0 aliphatic rings. The second-order valence-corrected chi connectivity index (χ2v) is 6.07. The minimum atomic E-state index is -4.56. The molecule has 1 heterocycles. The molecular weight excluding hydrogens is 407 g/mol. The maximum Gasteiger partial charge on any atom is 0.417 e. The van der Waals surface area contributed by atoms with Gasteiger partial charge in [0.2, 0.25) is 5.91 Å². The van der Waals surface area contributed by atoms with Crippen LogP contribution in [0.1, 0.15) is 11.1 Å². The summed E-state index contributed by atoms with van der Waals surface area (Å²) in [5.74, 6) is -0.435. The van der Waals surface area contributed by atoms with Crippen LogP contribution in [0.25, 0.3) is 0 Å². The number of nitrogens with zero attached hydrogens (tertiary/aromatic N) is 1. The summed E-state index contributed by atoms with van der Waals surface area (Å²) in [4.78, 5) is 15.3. The normalized spacial score (nSPS) is 11.2. The van der Waals surface area contributed by atoms with E-state index in [1.165, 1.54) is 18.3 Å². The molecule has 1 amide bonds. The van der Waals surface area contributed by atoms with Gasteiger partial charge >= 0.3 is 6.18 Å². The topological polar surface area (TPSA) is 89.9 Å². The lowest BCUT2D eigenvalue weighted by molar-refractivity contribution is -0.137. The Bertz CT molecular complexity index is 973. The van der Waals surface area contributed by atoms with E-state index >= 15 is 0 Å². The van der Waals surface area contributed by atoms with Gasteiger partial charge in [-0.2, -0.15) is 13.2 Å². The number of benzene rings is 1. The molecule has 0 fully saturated rings. The molecule has 0 aliphatic heterocycles. The summed E-state index contributed by atoms with van der Waals surface area (Å²) in [5, 5.41) is 16.2. The second-order valence-electron chi connectivity index (χ2n) is 5.67. The maximum atomic E-state index is 12.8. The van der Waals surface area contributed by atoms with Crippen LogP contribution in [-0.2, 0) is 11.0 Å². The number of pyridine rings is 1. The fourth-order valence-corrected chi connectivity index (χ4v) is 2.43. The summed E-state index contributed by atoms with van der Waals surface area (Å²) >= 11 is 5.95. The molecule has 2 rings (SSSR count). The number of amides is 1. The van der Waals surface area contributed by atoms with Gasteiger partial charge in [0.15, 0.2) is 0 Å². The highest BCUT2D eigenvalue weighted by molar-refractivity contribution is 6.33. The van der Waals surface area contributed by atoms with Crippen LogP contribution in [0, 0.1) is 5.41 Å². The Morgan fingerprint density at radius 2 is 2.03 bits per heavy atom. The highest BCUT2D eigenvalue weighted by Gasteiger charge is 2.31. The van der Waals surface area contributed by atoms with Crippen LogP contribution in [-0.4, -0.2) is 23.7 Å². The summed E-state index contributed by atoms with van der Waals surface area (Å²) in [6.45, 7) is 3.37. The van der Waals surface area contributed by atoms with Gasteiger partial charge in [0.05, 0.1) is 16.3 Å². The van der Waals surface area contributed by atoms with Crippen molar-refractivity contribution in [2.45, 2.75) is 6.18 Å².